The first kappa shape index (κ1) is 20.2. The number of benzene rings is 1. The Bertz CT molecular complexity index is 847. The van der Waals surface area contributed by atoms with E-state index in [-0.39, 0.29) is 11.9 Å². The summed E-state index contributed by atoms with van der Waals surface area (Å²) in [6, 6.07) is 7.92. The van der Waals surface area contributed by atoms with Crippen molar-refractivity contribution in [1.29, 1.82) is 0 Å². The zero-order valence-corrected chi connectivity index (χ0v) is 17.5. The lowest BCUT2D eigenvalue weighted by molar-refractivity contribution is -0.126. The van der Waals surface area contributed by atoms with Gasteiger partial charge in [-0.05, 0) is 45.0 Å². The third-order valence-corrected chi connectivity index (χ3v) is 5.96. The Morgan fingerprint density at radius 1 is 1.25 bits per heavy atom. The second-order valence-electron chi connectivity index (χ2n) is 6.57. The van der Waals surface area contributed by atoms with E-state index in [9.17, 15) is 9.59 Å². The van der Waals surface area contributed by atoms with Gasteiger partial charge in [0.15, 0.2) is 11.0 Å². The quantitative estimate of drug-likeness (QED) is 0.716. The van der Waals surface area contributed by atoms with Crippen molar-refractivity contribution in [1.82, 2.24) is 25.0 Å². The van der Waals surface area contributed by atoms with Crippen LogP contribution in [0.2, 0.25) is 0 Å². The van der Waals surface area contributed by atoms with Gasteiger partial charge in [0.25, 0.3) is 0 Å². The fourth-order valence-electron chi connectivity index (χ4n) is 3.19. The summed E-state index contributed by atoms with van der Waals surface area (Å²) >= 11 is 1.31. The molecule has 1 aromatic heterocycles. The molecule has 0 aliphatic carbocycles. The van der Waals surface area contributed by atoms with E-state index in [0.717, 1.165) is 24.5 Å². The Hall–Kier alpha value is -2.55. The minimum Gasteiger partial charge on any atom is -0.372 e. The molecule has 3 rings (SSSR count). The topological polar surface area (TPSA) is 83.4 Å². The van der Waals surface area contributed by atoms with Crippen molar-refractivity contribution >= 4 is 29.4 Å². The molecular weight excluding hydrogens is 376 g/mol. The second-order valence-corrected chi connectivity index (χ2v) is 7.87. The van der Waals surface area contributed by atoms with E-state index < -0.39 is 5.25 Å². The third-order valence-electron chi connectivity index (χ3n) is 4.84. The van der Waals surface area contributed by atoms with Gasteiger partial charge in [0.1, 0.15) is 0 Å². The third kappa shape index (κ3) is 3.99. The van der Waals surface area contributed by atoms with Crippen LogP contribution in [-0.2, 0) is 11.8 Å². The fraction of sp³-hybridized carbons (Fsp3) is 0.474. The Morgan fingerprint density at radius 3 is 2.50 bits per heavy atom. The smallest absolute Gasteiger partial charge is 0.324 e. The van der Waals surface area contributed by atoms with Gasteiger partial charge in [-0.25, -0.2) is 4.79 Å². The largest absolute Gasteiger partial charge is 0.372 e. The molecule has 2 heterocycles. The van der Waals surface area contributed by atoms with E-state index in [1.807, 2.05) is 23.7 Å². The summed E-state index contributed by atoms with van der Waals surface area (Å²) in [7, 11) is 1.88. The molecule has 1 N–H and O–H groups in total. The number of nitrogens with one attached hydrogen (secondary N) is 1. The number of rotatable bonds is 7. The molecule has 28 heavy (non-hydrogen) atoms. The molecule has 1 aliphatic rings. The van der Waals surface area contributed by atoms with Crippen LogP contribution < -0.4 is 10.2 Å². The Kier molecular flexibility index (Phi) is 6.23. The van der Waals surface area contributed by atoms with Gasteiger partial charge >= 0.3 is 6.03 Å². The van der Waals surface area contributed by atoms with Gasteiger partial charge < -0.3 is 14.8 Å². The number of nitrogens with zero attached hydrogens (tertiary/aromatic N) is 5. The van der Waals surface area contributed by atoms with E-state index in [2.05, 4.69) is 46.4 Å². The molecule has 9 heteroatoms. The molecule has 150 valence electrons. The van der Waals surface area contributed by atoms with Gasteiger partial charge in [-0.15, -0.1) is 10.2 Å². The fourth-order valence-corrected chi connectivity index (χ4v) is 4.07. The number of aromatic nitrogens is 3. The first-order valence-corrected chi connectivity index (χ1v) is 10.3. The Balaban J connectivity index is 1.73. The molecule has 1 unspecified atom stereocenters. The Morgan fingerprint density at radius 2 is 1.93 bits per heavy atom. The molecule has 0 spiro atoms. The van der Waals surface area contributed by atoms with Crippen LogP contribution in [0.15, 0.2) is 29.4 Å². The molecule has 0 bridgehead atoms. The van der Waals surface area contributed by atoms with E-state index in [0.29, 0.717) is 18.2 Å². The minimum absolute atomic E-state index is 0.215. The zero-order chi connectivity index (χ0) is 20.3. The van der Waals surface area contributed by atoms with Crippen LogP contribution in [0.5, 0.6) is 0 Å². The van der Waals surface area contributed by atoms with Crippen molar-refractivity contribution in [3.8, 4) is 11.4 Å². The normalized spacial score (nSPS) is 14.9. The molecule has 0 radical (unpaired) electrons. The standard InChI is InChI=1S/C19H26N6O2S/c1-5-24(6-2)15-9-7-14(8-10-15)16-21-22-19(23(16)4)28-13(3)17(26)25-12-11-20-18(25)27/h7-10,13H,5-6,11-12H2,1-4H3,(H,20,27). The minimum atomic E-state index is -0.426. The first-order valence-electron chi connectivity index (χ1n) is 9.46. The lowest BCUT2D eigenvalue weighted by atomic mass is 10.2. The number of urea groups is 1. The van der Waals surface area contributed by atoms with Gasteiger partial charge in [0.05, 0.1) is 5.25 Å². The molecule has 0 saturated carbocycles. The summed E-state index contributed by atoms with van der Waals surface area (Å²) in [6.45, 7) is 8.88. The van der Waals surface area contributed by atoms with Crippen LogP contribution in [0.1, 0.15) is 20.8 Å². The zero-order valence-electron chi connectivity index (χ0n) is 16.7. The van der Waals surface area contributed by atoms with Crippen LogP contribution in [0.4, 0.5) is 10.5 Å². The average molecular weight is 403 g/mol. The van der Waals surface area contributed by atoms with Crippen molar-refractivity contribution in [2.24, 2.45) is 7.05 Å². The predicted octanol–water partition coefficient (Wildman–Crippen LogP) is 2.36. The van der Waals surface area contributed by atoms with E-state index in [1.165, 1.54) is 22.3 Å². The van der Waals surface area contributed by atoms with Crippen LogP contribution in [0.25, 0.3) is 11.4 Å². The number of anilines is 1. The lowest BCUT2D eigenvalue weighted by Gasteiger charge is -2.21. The van der Waals surface area contributed by atoms with Gasteiger partial charge in [0, 0.05) is 44.5 Å². The summed E-state index contributed by atoms with van der Waals surface area (Å²) in [5.41, 5.74) is 2.14. The van der Waals surface area contributed by atoms with Gasteiger partial charge in [-0.1, -0.05) is 11.8 Å². The van der Waals surface area contributed by atoms with Crippen molar-refractivity contribution < 1.29 is 9.59 Å². The number of amides is 3. The maximum Gasteiger partial charge on any atom is 0.324 e. The molecule has 1 saturated heterocycles. The summed E-state index contributed by atoms with van der Waals surface area (Å²) in [5.74, 6) is 0.528. The monoisotopic (exact) mass is 402 g/mol. The van der Waals surface area contributed by atoms with Crippen LogP contribution in [0.3, 0.4) is 0 Å². The molecule has 1 aliphatic heterocycles. The van der Waals surface area contributed by atoms with Crippen molar-refractivity contribution in [2.75, 3.05) is 31.1 Å². The predicted molar refractivity (Wildman–Crippen MR) is 110 cm³/mol. The van der Waals surface area contributed by atoms with Gasteiger partial charge in [-0.3, -0.25) is 9.69 Å². The summed E-state index contributed by atoms with van der Waals surface area (Å²) in [4.78, 5) is 27.7. The van der Waals surface area contributed by atoms with Crippen LogP contribution >= 0.6 is 11.8 Å². The number of carbonyl (C=O) groups is 2. The summed E-state index contributed by atoms with van der Waals surface area (Å²) in [6.07, 6.45) is 0. The SMILES string of the molecule is CCN(CC)c1ccc(-c2nnc(SC(C)C(=O)N3CCNC3=O)n2C)cc1. The number of carbonyl (C=O) groups excluding carboxylic acids is 2. The van der Waals surface area contributed by atoms with Crippen molar-refractivity contribution in [3.63, 3.8) is 0 Å². The molecule has 3 amide bonds. The summed E-state index contributed by atoms with van der Waals surface area (Å²) < 4.78 is 1.88. The summed E-state index contributed by atoms with van der Waals surface area (Å²) in [5, 5.41) is 11.4. The maximum atomic E-state index is 12.5. The molecule has 2 aromatic rings. The van der Waals surface area contributed by atoms with Gasteiger partial charge in [0.2, 0.25) is 5.91 Å². The highest BCUT2D eigenvalue weighted by molar-refractivity contribution is 8.00. The van der Waals surface area contributed by atoms with E-state index in [4.69, 9.17) is 0 Å². The Labute approximate surface area is 169 Å². The van der Waals surface area contributed by atoms with Crippen LogP contribution in [0, 0.1) is 0 Å². The van der Waals surface area contributed by atoms with Gasteiger partial charge in [-0.2, -0.15) is 0 Å². The van der Waals surface area contributed by atoms with E-state index in [1.54, 1.807) is 6.92 Å². The van der Waals surface area contributed by atoms with Crippen LogP contribution in [-0.4, -0.2) is 63.0 Å². The molecule has 1 atom stereocenters. The molecular formula is C19H26N6O2S. The molecule has 1 aromatic carbocycles. The average Bonchev–Trinajstić information content (AvgIpc) is 3.29. The van der Waals surface area contributed by atoms with Crippen molar-refractivity contribution in [2.45, 2.75) is 31.2 Å². The lowest BCUT2D eigenvalue weighted by Crippen LogP contribution is -2.39. The van der Waals surface area contributed by atoms with Crippen molar-refractivity contribution in [3.05, 3.63) is 24.3 Å². The highest BCUT2D eigenvalue weighted by Crippen LogP contribution is 2.28. The molecule has 1 fully saturated rings. The first-order chi connectivity index (χ1) is 13.5. The molecule has 8 nitrogen and oxygen atoms in total. The highest BCUT2D eigenvalue weighted by atomic mass is 32.2. The highest BCUT2D eigenvalue weighted by Gasteiger charge is 2.31. The number of thioether (sulfide) groups is 1. The number of imide groups is 1. The number of hydrogen-bond acceptors (Lipinski definition) is 6. The number of hydrogen-bond donors (Lipinski definition) is 1. The van der Waals surface area contributed by atoms with E-state index >= 15 is 0 Å². The second kappa shape index (κ2) is 8.64. The maximum absolute atomic E-state index is 12.5.